The summed E-state index contributed by atoms with van der Waals surface area (Å²) in [6.07, 6.45) is 5.79. The summed E-state index contributed by atoms with van der Waals surface area (Å²) in [5, 5.41) is 0. The lowest BCUT2D eigenvalue weighted by atomic mass is 9.86. The smallest absolute Gasteiger partial charge is 0.391 e. The molecular formula is C17H27N2O2P. The lowest BCUT2D eigenvalue weighted by Gasteiger charge is -2.40. The molecule has 4 nitrogen and oxygen atoms in total. The van der Waals surface area contributed by atoms with Crippen molar-refractivity contribution in [1.29, 1.82) is 0 Å². The summed E-state index contributed by atoms with van der Waals surface area (Å²) in [5.41, 5.74) is 8.52. The summed E-state index contributed by atoms with van der Waals surface area (Å²) in [5.74, 6) is 0.686. The molecule has 1 aromatic rings. The second-order valence-electron chi connectivity index (χ2n) is 7.62. The highest BCUT2D eigenvalue weighted by Gasteiger charge is 2.40. The van der Waals surface area contributed by atoms with Crippen molar-refractivity contribution in [3.05, 3.63) is 29.3 Å². The number of nitrogens with two attached hydrogens (primary N) is 1. The zero-order chi connectivity index (χ0) is 16.0. The van der Waals surface area contributed by atoms with E-state index in [1.165, 1.54) is 24.8 Å². The van der Waals surface area contributed by atoms with Gasteiger partial charge in [-0.2, -0.15) is 0 Å². The van der Waals surface area contributed by atoms with Gasteiger partial charge in [-0.25, -0.2) is 14.7 Å². The number of hydrogen-bond acceptors (Lipinski definition) is 2. The van der Waals surface area contributed by atoms with Crippen molar-refractivity contribution in [2.45, 2.75) is 70.9 Å². The van der Waals surface area contributed by atoms with E-state index >= 15 is 0 Å². The van der Waals surface area contributed by atoms with Gasteiger partial charge in [0.15, 0.2) is 0 Å². The molecule has 0 radical (unpaired) electrons. The molecule has 1 aromatic carbocycles. The van der Waals surface area contributed by atoms with Crippen molar-refractivity contribution in [1.82, 2.24) is 4.67 Å². The maximum absolute atomic E-state index is 12.8. The summed E-state index contributed by atoms with van der Waals surface area (Å²) in [6.45, 7) is 7.24. The summed E-state index contributed by atoms with van der Waals surface area (Å²) in [7, 11) is -3.22. The van der Waals surface area contributed by atoms with Gasteiger partial charge in [0.2, 0.25) is 0 Å². The quantitative estimate of drug-likeness (QED) is 0.769. The van der Waals surface area contributed by atoms with Crippen molar-refractivity contribution in [2.75, 3.05) is 0 Å². The van der Waals surface area contributed by atoms with Gasteiger partial charge in [-0.1, -0.05) is 52.2 Å². The molecule has 5 heteroatoms. The van der Waals surface area contributed by atoms with Gasteiger partial charge in [-0.15, -0.1) is 0 Å². The fourth-order valence-corrected chi connectivity index (χ4v) is 5.06. The van der Waals surface area contributed by atoms with Crippen LogP contribution in [0.3, 0.4) is 0 Å². The van der Waals surface area contributed by atoms with Crippen molar-refractivity contribution < 1.29 is 9.09 Å². The molecule has 1 fully saturated rings. The Labute approximate surface area is 133 Å². The lowest BCUT2D eigenvalue weighted by Crippen LogP contribution is -2.39. The molecule has 2 N–H and O–H groups in total. The van der Waals surface area contributed by atoms with Crippen LogP contribution in [0, 0.1) is 0 Å². The first-order valence-corrected chi connectivity index (χ1v) is 9.91. The highest BCUT2D eigenvalue weighted by atomic mass is 31.2. The SMILES string of the molecule is CC(C)(C)c1ccc2c(c1)CN(C1CCCCC1)P(N)(=O)O2. The largest absolute Gasteiger partial charge is 0.422 e. The fraction of sp³-hybridized carbons (Fsp3) is 0.647. The maximum Gasteiger partial charge on any atom is 0.391 e. The predicted octanol–water partition coefficient (Wildman–Crippen LogP) is 4.58. The molecule has 1 saturated carbocycles. The van der Waals surface area contributed by atoms with E-state index < -0.39 is 7.67 Å². The Hall–Kier alpha value is -0.830. The zero-order valence-corrected chi connectivity index (χ0v) is 14.7. The first-order chi connectivity index (χ1) is 10.3. The van der Waals surface area contributed by atoms with Gasteiger partial charge in [0.05, 0.1) is 0 Å². The molecule has 0 amide bonds. The minimum Gasteiger partial charge on any atom is -0.422 e. The van der Waals surface area contributed by atoms with Crippen molar-refractivity contribution in [2.24, 2.45) is 5.50 Å². The molecule has 1 aliphatic heterocycles. The molecular weight excluding hydrogens is 295 g/mol. The molecule has 22 heavy (non-hydrogen) atoms. The van der Waals surface area contributed by atoms with Gasteiger partial charge in [0.25, 0.3) is 0 Å². The Kier molecular flexibility index (Phi) is 4.13. The van der Waals surface area contributed by atoms with E-state index in [0.29, 0.717) is 12.3 Å². The van der Waals surface area contributed by atoms with E-state index in [9.17, 15) is 4.57 Å². The van der Waals surface area contributed by atoms with Gasteiger partial charge < -0.3 is 4.52 Å². The first kappa shape index (κ1) is 16.0. The van der Waals surface area contributed by atoms with Crippen LogP contribution >= 0.6 is 7.67 Å². The lowest BCUT2D eigenvalue weighted by molar-refractivity contribution is 0.213. The van der Waals surface area contributed by atoms with Crippen LogP contribution < -0.4 is 10.0 Å². The zero-order valence-electron chi connectivity index (χ0n) is 13.8. The molecule has 1 unspecified atom stereocenters. The Balaban J connectivity index is 1.92. The molecule has 1 atom stereocenters. The summed E-state index contributed by atoms with van der Waals surface area (Å²) >= 11 is 0. The van der Waals surface area contributed by atoms with Crippen molar-refractivity contribution in [3.63, 3.8) is 0 Å². The molecule has 0 bridgehead atoms. The molecule has 2 aliphatic rings. The van der Waals surface area contributed by atoms with E-state index in [1.807, 2.05) is 10.7 Å². The fourth-order valence-electron chi connectivity index (χ4n) is 3.46. The third kappa shape index (κ3) is 3.10. The summed E-state index contributed by atoms with van der Waals surface area (Å²) in [4.78, 5) is 0. The minimum atomic E-state index is -3.22. The molecule has 1 aliphatic carbocycles. The van der Waals surface area contributed by atoms with Crippen LogP contribution in [0.5, 0.6) is 5.75 Å². The van der Waals surface area contributed by atoms with Crippen LogP contribution in [0.15, 0.2) is 18.2 Å². The van der Waals surface area contributed by atoms with Gasteiger partial charge in [0.1, 0.15) is 5.75 Å². The third-order valence-electron chi connectivity index (χ3n) is 4.84. The standard InChI is InChI=1S/C17H27N2O2P/c1-17(2,3)14-9-10-16-13(11-14)12-19(22(18,20)21-16)15-7-5-4-6-8-15/h9-11,15H,4-8,12H2,1-3H3,(H2,18,20). The number of benzene rings is 1. The summed E-state index contributed by atoms with van der Waals surface area (Å²) < 4.78 is 20.4. The monoisotopic (exact) mass is 322 g/mol. The Bertz CT molecular complexity index is 603. The number of nitrogens with zero attached hydrogens (tertiary/aromatic N) is 1. The number of hydrogen-bond donors (Lipinski definition) is 1. The normalized spacial score (nSPS) is 27.3. The summed E-state index contributed by atoms with van der Waals surface area (Å²) in [6, 6.07) is 6.45. The van der Waals surface area contributed by atoms with Crippen LogP contribution in [-0.4, -0.2) is 10.7 Å². The van der Waals surface area contributed by atoms with Crippen LogP contribution in [0.4, 0.5) is 0 Å². The average molecular weight is 322 g/mol. The van der Waals surface area contributed by atoms with Crippen LogP contribution in [0.25, 0.3) is 0 Å². The van der Waals surface area contributed by atoms with E-state index in [4.69, 9.17) is 10.0 Å². The van der Waals surface area contributed by atoms with E-state index in [2.05, 4.69) is 32.9 Å². The van der Waals surface area contributed by atoms with E-state index in [-0.39, 0.29) is 11.5 Å². The van der Waals surface area contributed by atoms with E-state index in [1.54, 1.807) is 0 Å². The second-order valence-corrected chi connectivity index (χ2v) is 9.44. The molecule has 3 rings (SSSR count). The predicted molar refractivity (Wildman–Crippen MR) is 90.0 cm³/mol. The Morgan fingerprint density at radius 1 is 1.23 bits per heavy atom. The van der Waals surface area contributed by atoms with Gasteiger partial charge in [0, 0.05) is 18.2 Å². The Morgan fingerprint density at radius 2 is 1.91 bits per heavy atom. The first-order valence-electron chi connectivity index (χ1n) is 8.26. The molecule has 0 spiro atoms. The van der Waals surface area contributed by atoms with Crippen LogP contribution in [0.1, 0.15) is 64.0 Å². The van der Waals surface area contributed by atoms with Gasteiger partial charge >= 0.3 is 7.67 Å². The van der Waals surface area contributed by atoms with E-state index in [0.717, 1.165) is 18.4 Å². The molecule has 0 aromatic heterocycles. The highest BCUT2D eigenvalue weighted by Crippen LogP contribution is 2.53. The van der Waals surface area contributed by atoms with Gasteiger partial charge in [-0.05, 0) is 29.9 Å². The molecule has 1 heterocycles. The second kappa shape index (κ2) is 5.67. The Morgan fingerprint density at radius 3 is 2.55 bits per heavy atom. The van der Waals surface area contributed by atoms with Crippen LogP contribution in [0.2, 0.25) is 0 Å². The molecule has 0 saturated heterocycles. The number of rotatable bonds is 1. The topological polar surface area (TPSA) is 55.6 Å². The van der Waals surface area contributed by atoms with Crippen LogP contribution in [-0.2, 0) is 16.5 Å². The average Bonchev–Trinajstić information content (AvgIpc) is 2.45. The third-order valence-corrected chi connectivity index (χ3v) is 6.48. The van der Waals surface area contributed by atoms with Gasteiger partial charge in [-0.3, -0.25) is 0 Å². The van der Waals surface area contributed by atoms with Crippen molar-refractivity contribution >= 4 is 7.67 Å². The maximum atomic E-state index is 12.8. The van der Waals surface area contributed by atoms with Crippen molar-refractivity contribution in [3.8, 4) is 5.75 Å². The minimum absolute atomic E-state index is 0.0918. The molecule has 122 valence electrons. The highest BCUT2D eigenvalue weighted by molar-refractivity contribution is 7.54. The number of fused-ring (bicyclic) bond motifs is 1.